The Morgan fingerprint density at radius 2 is 2.33 bits per heavy atom. The van der Waals surface area contributed by atoms with Gasteiger partial charge in [-0.1, -0.05) is 13.8 Å². The predicted molar refractivity (Wildman–Crippen MR) is 54.2 cm³/mol. The van der Waals surface area contributed by atoms with Gasteiger partial charge in [0.05, 0.1) is 0 Å². The lowest BCUT2D eigenvalue weighted by atomic mass is 10.2. The van der Waals surface area contributed by atoms with Gasteiger partial charge in [0.2, 0.25) is 5.91 Å². The van der Waals surface area contributed by atoms with Gasteiger partial charge in [-0.2, -0.15) is 4.98 Å². The molecule has 0 aromatic carbocycles. The van der Waals surface area contributed by atoms with Crippen LogP contribution in [-0.2, 0) is 4.79 Å². The van der Waals surface area contributed by atoms with E-state index in [-0.39, 0.29) is 17.8 Å². The fourth-order valence-corrected chi connectivity index (χ4v) is 1.04. The first-order valence-corrected chi connectivity index (χ1v) is 4.65. The van der Waals surface area contributed by atoms with E-state index >= 15 is 0 Å². The van der Waals surface area contributed by atoms with E-state index < -0.39 is 0 Å². The average molecular weight is 205 g/mol. The zero-order chi connectivity index (χ0) is 10.8. The Morgan fingerprint density at radius 3 is 3.00 bits per heavy atom. The molecule has 0 saturated carbocycles. The van der Waals surface area contributed by atoms with Crippen molar-refractivity contribution >= 4 is 17.6 Å². The van der Waals surface area contributed by atoms with E-state index in [4.69, 9.17) is 0 Å². The van der Waals surface area contributed by atoms with Crippen LogP contribution in [0.2, 0.25) is 0 Å². The molecule has 0 radical (unpaired) electrons. The van der Waals surface area contributed by atoms with E-state index in [1.54, 1.807) is 18.5 Å². The minimum Gasteiger partial charge on any atom is -0.293 e. The Hall–Kier alpha value is -1.98. The molecule has 15 heavy (non-hydrogen) atoms. The molecular weight excluding hydrogens is 194 g/mol. The van der Waals surface area contributed by atoms with E-state index in [2.05, 4.69) is 20.4 Å². The smallest absolute Gasteiger partial charge is 0.253 e. The third-order valence-corrected chi connectivity index (χ3v) is 1.88. The van der Waals surface area contributed by atoms with Gasteiger partial charge in [0.25, 0.3) is 11.7 Å². The Kier molecular flexibility index (Phi) is 2.32. The molecule has 1 N–H and O–H groups in total. The van der Waals surface area contributed by atoms with Gasteiger partial charge in [-0.25, -0.2) is 9.50 Å². The molecule has 6 heteroatoms. The summed E-state index contributed by atoms with van der Waals surface area (Å²) in [4.78, 5) is 19.4. The van der Waals surface area contributed by atoms with Gasteiger partial charge in [-0.15, -0.1) is 5.10 Å². The predicted octanol–water partition coefficient (Wildman–Crippen LogP) is 0.719. The first-order valence-electron chi connectivity index (χ1n) is 4.65. The molecule has 0 spiro atoms. The highest BCUT2D eigenvalue weighted by Gasteiger charge is 2.10. The normalized spacial score (nSPS) is 10.9. The van der Waals surface area contributed by atoms with Crippen LogP contribution in [0.15, 0.2) is 18.5 Å². The van der Waals surface area contributed by atoms with Gasteiger partial charge >= 0.3 is 0 Å². The first kappa shape index (κ1) is 9.57. The van der Waals surface area contributed by atoms with E-state index in [9.17, 15) is 4.79 Å². The summed E-state index contributed by atoms with van der Waals surface area (Å²) in [6.45, 7) is 3.62. The van der Waals surface area contributed by atoms with Crippen molar-refractivity contribution in [3.63, 3.8) is 0 Å². The topological polar surface area (TPSA) is 72.2 Å². The Balaban J connectivity index is 2.26. The van der Waals surface area contributed by atoms with E-state index in [0.29, 0.717) is 5.78 Å². The highest BCUT2D eigenvalue weighted by Crippen LogP contribution is 2.03. The van der Waals surface area contributed by atoms with Crippen molar-refractivity contribution in [2.24, 2.45) is 5.92 Å². The molecule has 2 aromatic rings. The van der Waals surface area contributed by atoms with Gasteiger partial charge in [0, 0.05) is 18.3 Å². The van der Waals surface area contributed by atoms with E-state index in [0.717, 1.165) is 0 Å². The second-order valence-corrected chi connectivity index (χ2v) is 3.44. The molecule has 2 aromatic heterocycles. The summed E-state index contributed by atoms with van der Waals surface area (Å²) in [6, 6.07) is 1.75. The quantitative estimate of drug-likeness (QED) is 0.784. The lowest BCUT2D eigenvalue weighted by Gasteiger charge is -2.01. The number of amides is 1. The molecule has 1 amide bonds. The number of anilines is 1. The second kappa shape index (κ2) is 3.64. The van der Waals surface area contributed by atoms with E-state index in [1.165, 1.54) is 4.52 Å². The molecule has 2 heterocycles. The maximum Gasteiger partial charge on any atom is 0.253 e. The molecule has 6 nitrogen and oxygen atoms in total. The van der Waals surface area contributed by atoms with Crippen molar-refractivity contribution in [1.82, 2.24) is 19.6 Å². The van der Waals surface area contributed by atoms with Gasteiger partial charge in [-0.3, -0.25) is 10.1 Å². The van der Waals surface area contributed by atoms with Crippen LogP contribution in [0, 0.1) is 5.92 Å². The van der Waals surface area contributed by atoms with E-state index in [1.807, 2.05) is 13.8 Å². The van der Waals surface area contributed by atoms with Crippen LogP contribution in [0.3, 0.4) is 0 Å². The maximum absolute atomic E-state index is 11.4. The number of nitrogens with zero attached hydrogens (tertiary/aromatic N) is 4. The van der Waals surface area contributed by atoms with Crippen molar-refractivity contribution < 1.29 is 4.79 Å². The molecule has 0 unspecified atom stereocenters. The van der Waals surface area contributed by atoms with Crippen LogP contribution in [0.25, 0.3) is 5.78 Å². The number of carbonyl (C=O) groups is 1. The number of nitrogens with one attached hydrogen (secondary N) is 1. The van der Waals surface area contributed by atoms with Gasteiger partial charge in [-0.05, 0) is 6.07 Å². The minimum absolute atomic E-state index is 0.0930. The largest absolute Gasteiger partial charge is 0.293 e. The third-order valence-electron chi connectivity index (χ3n) is 1.88. The standard InChI is InChI=1S/C9H11N5O/c1-6(2)7(15)11-8-12-9-10-4-3-5-14(9)13-8/h3-6H,1-2H3,(H,11,13,15). The summed E-state index contributed by atoms with van der Waals surface area (Å²) in [5, 5.41) is 6.65. The van der Waals surface area contributed by atoms with Crippen molar-refractivity contribution in [3.05, 3.63) is 18.5 Å². The molecule has 0 aliphatic rings. The van der Waals surface area contributed by atoms with Crippen LogP contribution in [0.4, 0.5) is 5.95 Å². The minimum atomic E-state index is -0.106. The summed E-state index contributed by atoms with van der Waals surface area (Å²) < 4.78 is 1.51. The zero-order valence-corrected chi connectivity index (χ0v) is 8.51. The van der Waals surface area contributed by atoms with Crippen LogP contribution >= 0.6 is 0 Å². The highest BCUT2D eigenvalue weighted by atomic mass is 16.2. The summed E-state index contributed by atoms with van der Waals surface area (Å²) in [7, 11) is 0. The van der Waals surface area contributed by atoms with Crippen molar-refractivity contribution in [1.29, 1.82) is 0 Å². The molecule has 78 valence electrons. The molecule has 0 aliphatic carbocycles. The van der Waals surface area contributed by atoms with Gasteiger partial charge < -0.3 is 0 Å². The monoisotopic (exact) mass is 205 g/mol. The molecular formula is C9H11N5O. The number of carbonyl (C=O) groups excluding carboxylic acids is 1. The Bertz CT molecular complexity index is 457. The fourth-order valence-electron chi connectivity index (χ4n) is 1.04. The average Bonchev–Trinajstić information content (AvgIpc) is 2.59. The van der Waals surface area contributed by atoms with Crippen LogP contribution in [0.1, 0.15) is 13.8 Å². The van der Waals surface area contributed by atoms with Gasteiger partial charge in [0.15, 0.2) is 0 Å². The molecule has 0 bridgehead atoms. The summed E-state index contributed by atoms with van der Waals surface area (Å²) in [5.74, 6) is 0.555. The molecule has 0 fully saturated rings. The van der Waals surface area contributed by atoms with Crippen molar-refractivity contribution in [2.75, 3.05) is 5.32 Å². The second-order valence-electron chi connectivity index (χ2n) is 3.44. The third kappa shape index (κ3) is 1.93. The lowest BCUT2D eigenvalue weighted by molar-refractivity contribution is -0.118. The summed E-state index contributed by atoms with van der Waals surface area (Å²) in [5.41, 5.74) is 0. The number of fused-ring (bicyclic) bond motifs is 1. The number of hydrogen-bond acceptors (Lipinski definition) is 4. The SMILES string of the molecule is CC(C)C(=O)Nc1nc2ncccn2n1. The Morgan fingerprint density at radius 1 is 1.53 bits per heavy atom. The molecule has 2 rings (SSSR count). The number of rotatable bonds is 2. The van der Waals surface area contributed by atoms with Crippen LogP contribution in [-0.4, -0.2) is 25.5 Å². The maximum atomic E-state index is 11.4. The molecule has 0 saturated heterocycles. The molecule has 0 aliphatic heterocycles. The van der Waals surface area contributed by atoms with Gasteiger partial charge in [0.1, 0.15) is 0 Å². The highest BCUT2D eigenvalue weighted by molar-refractivity contribution is 5.90. The first-order chi connectivity index (χ1) is 7.16. The zero-order valence-electron chi connectivity index (χ0n) is 8.51. The molecule has 0 atom stereocenters. The summed E-state index contributed by atoms with van der Waals surface area (Å²) in [6.07, 6.45) is 3.35. The van der Waals surface area contributed by atoms with Crippen molar-refractivity contribution in [2.45, 2.75) is 13.8 Å². The van der Waals surface area contributed by atoms with Crippen LogP contribution in [0.5, 0.6) is 0 Å². The lowest BCUT2D eigenvalue weighted by Crippen LogP contribution is -2.18. The van der Waals surface area contributed by atoms with Crippen molar-refractivity contribution in [3.8, 4) is 0 Å². The summed E-state index contributed by atoms with van der Waals surface area (Å²) >= 11 is 0. The number of aromatic nitrogens is 4. The van der Waals surface area contributed by atoms with Crippen LogP contribution < -0.4 is 5.32 Å². The fraction of sp³-hybridized carbons (Fsp3) is 0.333. The number of hydrogen-bond donors (Lipinski definition) is 1. The Labute approximate surface area is 86.3 Å².